The highest BCUT2D eigenvalue weighted by Gasteiger charge is 2.39. The Morgan fingerprint density at radius 2 is 1.05 bits per heavy atom. The third kappa shape index (κ3) is 2.90. The molecule has 0 saturated heterocycles. The lowest BCUT2D eigenvalue weighted by Gasteiger charge is -2.34. The second kappa shape index (κ2) is 8.37. The summed E-state index contributed by atoms with van der Waals surface area (Å²) >= 11 is 3.74. The first-order valence-corrected chi connectivity index (χ1v) is 14.4. The lowest BCUT2D eigenvalue weighted by molar-refractivity contribution is 0.0532. The van der Waals surface area contributed by atoms with Crippen LogP contribution >= 0.6 is 15.9 Å². The Hall–Kier alpha value is -3.78. The maximum Gasteiger partial charge on any atom is 0.261 e. The van der Waals surface area contributed by atoms with Gasteiger partial charge in [-0.25, -0.2) is 0 Å². The molecule has 0 aromatic heterocycles. The van der Waals surface area contributed by atoms with Gasteiger partial charge in [0, 0.05) is 60.4 Å². The Bertz CT molecular complexity index is 1890. The van der Waals surface area contributed by atoms with Crippen molar-refractivity contribution in [1.82, 2.24) is 9.80 Å². The van der Waals surface area contributed by atoms with E-state index in [2.05, 4.69) is 15.9 Å². The molecule has 2 aliphatic heterocycles. The lowest BCUT2D eigenvalue weighted by Crippen LogP contribution is -2.46. The fraction of sp³-hybridized carbons (Fsp3) is 0.250. The summed E-state index contributed by atoms with van der Waals surface area (Å²) < 4.78 is 0.694. The summed E-state index contributed by atoms with van der Waals surface area (Å²) in [6, 6.07) is 10.3. The van der Waals surface area contributed by atoms with Gasteiger partial charge in [-0.15, -0.1) is 0 Å². The number of amides is 4. The van der Waals surface area contributed by atoms with E-state index in [1.54, 1.807) is 24.3 Å². The van der Waals surface area contributed by atoms with Gasteiger partial charge in [-0.05, 0) is 66.4 Å². The molecule has 196 valence electrons. The van der Waals surface area contributed by atoms with Crippen molar-refractivity contribution in [1.29, 1.82) is 0 Å². The van der Waals surface area contributed by atoms with Crippen molar-refractivity contribution in [3.63, 3.8) is 0 Å². The molecule has 2 unspecified atom stereocenters. The molecule has 0 bridgehead atoms. The quantitative estimate of drug-likeness (QED) is 0.110. The number of carbonyl (C=O) groups is 4. The van der Waals surface area contributed by atoms with Gasteiger partial charge in [0.2, 0.25) is 0 Å². The molecule has 2 atom stereocenters. The maximum absolute atomic E-state index is 13.7. The highest BCUT2D eigenvalue weighted by Crippen LogP contribution is 2.48. The third-order valence-electron chi connectivity index (χ3n) is 8.95. The first kappa shape index (κ1) is 25.2. The van der Waals surface area contributed by atoms with Crippen LogP contribution in [0.1, 0.15) is 82.0 Å². The molecule has 0 saturated carbocycles. The predicted octanol–water partition coefficient (Wildman–Crippen LogP) is 6.08. The van der Waals surface area contributed by atoms with Crippen molar-refractivity contribution in [3.05, 3.63) is 63.1 Å². The van der Waals surface area contributed by atoms with Gasteiger partial charge < -0.3 is 0 Å². The van der Waals surface area contributed by atoms with E-state index in [0.717, 1.165) is 26.9 Å². The van der Waals surface area contributed by atoms with Crippen LogP contribution in [-0.4, -0.2) is 53.4 Å². The molecule has 4 amide bonds. The van der Waals surface area contributed by atoms with Crippen LogP contribution in [0.3, 0.4) is 0 Å². The predicted molar refractivity (Wildman–Crippen MR) is 161 cm³/mol. The van der Waals surface area contributed by atoms with Gasteiger partial charge in [-0.1, -0.05) is 53.4 Å². The van der Waals surface area contributed by atoms with Gasteiger partial charge in [0.15, 0.2) is 0 Å². The molecule has 5 aromatic carbocycles. The summed E-state index contributed by atoms with van der Waals surface area (Å²) in [5, 5.41) is 5.80. The van der Waals surface area contributed by atoms with E-state index in [1.807, 2.05) is 39.8 Å². The Morgan fingerprint density at radius 3 is 1.55 bits per heavy atom. The van der Waals surface area contributed by atoms with Crippen molar-refractivity contribution in [3.8, 4) is 0 Å². The van der Waals surface area contributed by atoms with Gasteiger partial charge in [-0.2, -0.15) is 0 Å². The van der Waals surface area contributed by atoms with Gasteiger partial charge >= 0.3 is 0 Å². The van der Waals surface area contributed by atoms with E-state index in [1.165, 1.54) is 9.80 Å². The highest BCUT2D eigenvalue weighted by molar-refractivity contribution is 9.10. The van der Waals surface area contributed by atoms with E-state index in [4.69, 9.17) is 7.85 Å². The number of carbonyl (C=O) groups excluding carboxylic acids is 4. The number of imide groups is 2. The first-order chi connectivity index (χ1) is 19.1. The van der Waals surface area contributed by atoms with Crippen LogP contribution in [0.5, 0.6) is 0 Å². The average molecular weight is 591 g/mol. The minimum atomic E-state index is -0.348. The van der Waals surface area contributed by atoms with E-state index in [0.29, 0.717) is 61.2 Å². The minimum absolute atomic E-state index is 0.244. The van der Waals surface area contributed by atoms with Crippen molar-refractivity contribution in [2.24, 2.45) is 0 Å². The molecule has 2 aliphatic rings. The topological polar surface area (TPSA) is 74.8 Å². The number of halogens is 1. The Labute approximate surface area is 240 Å². The fourth-order valence-corrected chi connectivity index (χ4v) is 7.29. The van der Waals surface area contributed by atoms with Gasteiger partial charge in [0.1, 0.15) is 7.85 Å². The van der Waals surface area contributed by atoms with Crippen LogP contribution in [0.15, 0.2) is 40.9 Å². The van der Waals surface area contributed by atoms with Crippen molar-refractivity contribution in [2.75, 3.05) is 0 Å². The van der Waals surface area contributed by atoms with Gasteiger partial charge in [0.25, 0.3) is 23.6 Å². The number of nitrogens with zero attached hydrogens (tertiary/aromatic N) is 2. The van der Waals surface area contributed by atoms with E-state index in [9.17, 15) is 19.2 Å². The molecule has 8 heteroatoms. The summed E-state index contributed by atoms with van der Waals surface area (Å²) in [6.07, 6.45) is 1.29. The minimum Gasteiger partial charge on any atom is -0.272 e. The molecular weight excluding hydrogens is 567 g/mol. The molecular formula is C32H24BBrN2O4. The molecule has 0 aliphatic carbocycles. The molecule has 2 radical (unpaired) electrons. The summed E-state index contributed by atoms with van der Waals surface area (Å²) in [6.45, 7) is 7.64. The molecule has 0 N–H and O–H groups in total. The molecule has 7 rings (SSSR count). The monoisotopic (exact) mass is 590 g/mol. The Balaban J connectivity index is 1.66. The third-order valence-corrected chi connectivity index (χ3v) is 9.57. The van der Waals surface area contributed by atoms with Crippen LogP contribution < -0.4 is 5.46 Å². The second-order valence-electron chi connectivity index (χ2n) is 11.0. The molecule has 0 fully saturated rings. The number of hydrogen-bond acceptors (Lipinski definition) is 4. The van der Waals surface area contributed by atoms with Crippen molar-refractivity contribution < 1.29 is 19.2 Å². The zero-order chi connectivity index (χ0) is 28.4. The molecule has 40 heavy (non-hydrogen) atoms. The summed E-state index contributed by atoms with van der Waals surface area (Å²) in [7, 11) is 6.72. The number of hydrogen-bond donors (Lipinski definition) is 0. The Morgan fingerprint density at radius 1 is 0.625 bits per heavy atom. The summed E-state index contributed by atoms with van der Waals surface area (Å²) in [5.41, 5.74) is 2.22. The standard InChI is InChI=1S/C32H24BBrN2O4/c1-5-13(3)35-29(37)17-10-8-16-26-22(34)12-20-24-18(30(38)36(32(20)40)14(4)6-2)9-7-15(28(24)26)25-21(33)11-19(31(35)39)23(17)27(16)25/h7-14H,5-6H2,1-4H3. The Kier molecular flexibility index (Phi) is 5.27. The van der Waals surface area contributed by atoms with Gasteiger partial charge in [-0.3, -0.25) is 29.0 Å². The first-order valence-electron chi connectivity index (χ1n) is 13.6. The van der Waals surface area contributed by atoms with Crippen LogP contribution in [-0.2, 0) is 0 Å². The van der Waals surface area contributed by atoms with E-state index in [-0.39, 0.29) is 35.7 Å². The van der Waals surface area contributed by atoms with Crippen LogP contribution in [0.25, 0.3) is 43.1 Å². The smallest absolute Gasteiger partial charge is 0.261 e. The largest absolute Gasteiger partial charge is 0.272 e. The molecule has 0 spiro atoms. The van der Waals surface area contributed by atoms with E-state index >= 15 is 0 Å². The van der Waals surface area contributed by atoms with E-state index < -0.39 is 0 Å². The molecule has 2 heterocycles. The SMILES string of the molecule is [B]c1cc2c3c(ccc4c5c(Br)cc6c7c(ccc(c1c34)c75)C(=O)N(C(C)CC)C6=O)C(=O)N(C(C)CC)C2=O. The summed E-state index contributed by atoms with van der Waals surface area (Å²) in [4.78, 5) is 57.3. The van der Waals surface area contributed by atoms with Crippen molar-refractivity contribution >= 4 is 96.0 Å². The van der Waals surface area contributed by atoms with Gasteiger partial charge in [0.05, 0.1) is 0 Å². The maximum atomic E-state index is 13.7. The summed E-state index contributed by atoms with van der Waals surface area (Å²) in [5.74, 6) is -1.29. The molecule has 5 aromatic rings. The normalized spacial score (nSPS) is 16.8. The molecule has 6 nitrogen and oxygen atoms in total. The highest BCUT2D eigenvalue weighted by atomic mass is 79.9. The zero-order valence-corrected chi connectivity index (χ0v) is 24.1. The van der Waals surface area contributed by atoms with Crippen LogP contribution in [0.4, 0.5) is 0 Å². The number of rotatable bonds is 4. The fourth-order valence-electron chi connectivity index (χ4n) is 6.65. The van der Waals surface area contributed by atoms with Crippen molar-refractivity contribution in [2.45, 2.75) is 52.6 Å². The van der Waals surface area contributed by atoms with Crippen LogP contribution in [0.2, 0.25) is 0 Å². The average Bonchev–Trinajstić information content (AvgIpc) is 2.94. The number of fused-ring (bicyclic) bond motifs is 2. The second-order valence-corrected chi connectivity index (χ2v) is 11.8. The van der Waals surface area contributed by atoms with Crippen LogP contribution in [0, 0.1) is 0 Å². The lowest BCUT2D eigenvalue weighted by atomic mass is 9.77. The zero-order valence-electron chi connectivity index (χ0n) is 22.5. The number of benzene rings is 5.